The molecule has 0 aromatic rings. The number of piperazine rings is 1. The lowest BCUT2D eigenvalue weighted by Crippen LogP contribution is -2.57. The molecule has 2 N–H and O–H groups in total. The van der Waals surface area contributed by atoms with Gasteiger partial charge in [0.15, 0.2) is 0 Å². The van der Waals surface area contributed by atoms with Crippen LogP contribution in [0.5, 0.6) is 0 Å². The van der Waals surface area contributed by atoms with E-state index in [4.69, 9.17) is 5.73 Å². The number of hydrogen-bond acceptors (Lipinski definition) is 3. The summed E-state index contributed by atoms with van der Waals surface area (Å²) in [5, 5.41) is 0. The maximum Gasteiger partial charge on any atom is 0.0283 e. The van der Waals surface area contributed by atoms with Crippen LogP contribution in [0.1, 0.15) is 32.6 Å². The fraction of sp³-hybridized carbons (Fsp3) is 1.00. The summed E-state index contributed by atoms with van der Waals surface area (Å²) < 4.78 is 0. The molecular weight excluding hydrogens is 186 g/mol. The Morgan fingerprint density at radius 2 is 1.93 bits per heavy atom. The highest BCUT2D eigenvalue weighted by Crippen LogP contribution is 2.28. The average molecular weight is 211 g/mol. The Labute approximate surface area is 93.6 Å². The van der Waals surface area contributed by atoms with E-state index in [1.54, 1.807) is 0 Å². The van der Waals surface area contributed by atoms with E-state index in [0.29, 0.717) is 6.04 Å². The van der Waals surface area contributed by atoms with Crippen LogP contribution in [0.15, 0.2) is 0 Å². The van der Waals surface area contributed by atoms with E-state index < -0.39 is 0 Å². The Kier molecular flexibility index (Phi) is 3.33. The monoisotopic (exact) mass is 211 g/mol. The lowest BCUT2D eigenvalue weighted by atomic mass is 9.97. The van der Waals surface area contributed by atoms with Crippen molar-refractivity contribution in [2.75, 3.05) is 33.2 Å². The number of rotatable bonds is 2. The maximum atomic E-state index is 6.43. The van der Waals surface area contributed by atoms with Crippen molar-refractivity contribution in [2.24, 2.45) is 5.73 Å². The zero-order chi connectivity index (χ0) is 10.9. The van der Waals surface area contributed by atoms with E-state index in [2.05, 4.69) is 23.8 Å². The molecule has 0 radical (unpaired) electrons. The molecule has 88 valence electrons. The topological polar surface area (TPSA) is 32.5 Å². The summed E-state index contributed by atoms with van der Waals surface area (Å²) in [6.07, 6.45) is 5.12. The molecule has 0 aromatic heterocycles. The molecule has 1 saturated carbocycles. The molecular formula is C12H25N3. The molecule has 2 fully saturated rings. The van der Waals surface area contributed by atoms with Gasteiger partial charge in [-0.3, -0.25) is 4.90 Å². The second-order valence-electron chi connectivity index (χ2n) is 5.65. The fourth-order valence-corrected chi connectivity index (χ4v) is 3.05. The number of nitrogens with two attached hydrogens (primary N) is 1. The van der Waals surface area contributed by atoms with Crippen molar-refractivity contribution in [1.29, 1.82) is 0 Å². The third-order valence-corrected chi connectivity index (χ3v) is 4.09. The normalized spacial score (nSPS) is 33.4. The first-order valence-corrected chi connectivity index (χ1v) is 6.31. The van der Waals surface area contributed by atoms with Crippen LogP contribution < -0.4 is 5.73 Å². The van der Waals surface area contributed by atoms with Crippen molar-refractivity contribution in [3.63, 3.8) is 0 Å². The second kappa shape index (κ2) is 4.40. The summed E-state index contributed by atoms with van der Waals surface area (Å²) in [7, 11) is 2.21. The van der Waals surface area contributed by atoms with Crippen molar-refractivity contribution in [3.05, 3.63) is 0 Å². The van der Waals surface area contributed by atoms with Crippen molar-refractivity contribution in [2.45, 2.75) is 44.2 Å². The van der Waals surface area contributed by atoms with Crippen molar-refractivity contribution in [1.82, 2.24) is 9.80 Å². The van der Waals surface area contributed by atoms with E-state index in [-0.39, 0.29) is 5.54 Å². The van der Waals surface area contributed by atoms with E-state index in [1.807, 2.05) is 0 Å². The largest absolute Gasteiger partial charge is 0.324 e. The molecule has 1 atom stereocenters. The summed E-state index contributed by atoms with van der Waals surface area (Å²) >= 11 is 0. The van der Waals surface area contributed by atoms with Crippen LogP contribution in [-0.4, -0.2) is 54.6 Å². The first kappa shape index (κ1) is 11.4. The van der Waals surface area contributed by atoms with Crippen LogP contribution in [0.3, 0.4) is 0 Å². The first-order valence-electron chi connectivity index (χ1n) is 6.31. The van der Waals surface area contributed by atoms with Gasteiger partial charge in [-0.05, 0) is 26.8 Å². The van der Waals surface area contributed by atoms with Crippen LogP contribution in [-0.2, 0) is 0 Å². The van der Waals surface area contributed by atoms with Gasteiger partial charge in [0.05, 0.1) is 0 Å². The van der Waals surface area contributed by atoms with E-state index in [9.17, 15) is 0 Å². The minimum atomic E-state index is 0.129. The van der Waals surface area contributed by atoms with Crippen LogP contribution in [0.4, 0.5) is 0 Å². The Balaban J connectivity index is 1.88. The minimum absolute atomic E-state index is 0.129. The van der Waals surface area contributed by atoms with E-state index in [1.165, 1.54) is 45.3 Å². The molecule has 2 rings (SSSR count). The third kappa shape index (κ3) is 2.71. The predicted octanol–water partition coefficient (Wildman–Crippen LogP) is 0.894. The summed E-state index contributed by atoms with van der Waals surface area (Å²) in [5.41, 5.74) is 6.56. The molecule has 1 aliphatic carbocycles. The van der Waals surface area contributed by atoms with Crippen LogP contribution in [0.2, 0.25) is 0 Å². The standard InChI is InChI=1S/C12H25N3/c1-11-9-14(2)7-8-15(11)10-12(13)5-3-4-6-12/h11H,3-10,13H2,1-2H3. The van der Waals surface area contributed by atoms with Crippen molar-refractivity contribution in [3.8, 4) is 0 Å². The SMILES string of the molecule is CC1CN(C)CCN1CC1(N)CCCC1. The predicted molar refractivity (Wildman–Crippen MR) is 63.9 cm³/mol. The van der Waals surface area contributed by atoms with Gasteiger partial charge >= 0.3 is 0 Å². The van der Waals surface area contributed by atoms with Gasteiger partial charge in [-0.1, -0.05) is 12.8 Å². The molecule has 0 aromatic carbocycles. The summed E-state index contributed by atoms with van der Waals surface area (Å²) in [6, 6.07) is 0.671. The first-order chi connectivity index (χ1) is 7.09. The second-order valence-corrected chi connectivity index (χ2v) is 5.65. The Hall–Kier alpha value is -0.120. The summed E-state index contributed by atoms with van der Waals surface area (Å²) in [6.45, 7) is 7.02. The van der Waals surface area contributed by atoms with Gasteiger partial charge in [0.25, 0.3) is 0 Å². The molecule has 3 nitrogen and oxygen atoms in total. The van der Waals surface area contributed by atoms with Crippen LogP contribution in [0.25, 0.3) is 0 Å². The molecule has 0 amide bonds. The molecule has 3 heteroatoms. The van der Waals surface area contributed by atoms with Gasteiger partial charge in [0.1, 0.15) is 0 Å². The minimum Gasteiger partial charge on any atom is -0.324 e. The number of likely N-dealkylation sites (N-methyl/N-ethyl adjacent to an activating group) is 1. The van der Waals surface area contributed by atoms with E-state index in [0.717, 1.165) is 6.54 Å². The lowest BCUT2D eigenvalue weighted by molar-refractivity contribution is 0.0786. The quantitative estimate of drug-likeness (QED) is 0.736. The van der Waals surface area contributed by atoms with Gasteiger partial charge in [-0.25, -0.2) is 0 Å². The molecule has 15 heavy (non-hydrogen) atoms. The van der Waals surface area contributed by atoms with Crippen molar-refractivity contribution >= 4 is 0 Å². The molecule has 1 saturated heterocycles. The van der Waals surface area contributed by atoms with Gasteiger partial charge in [-0.15, -0.1) is 0 Å². The molecule has 2 aliphatic rings. The van der Waals surface area contributed by atoms with Crippen LogP contribution in [0, 0.1) is 0 Å². The molecule has 0 bridgehead atoms. The van der Waals surface area contributed by atoms with Gasteiger partial charge in [0.2, 0.25) is 0 Å². The highest BCUT2D eigenvalue weighted by molar-refractivity contribution is 4.94. The van der Waals surface area contributed by atoms with Gasteiger partial charge in [-0.2, -0.15) is 0 Å². The highest BCUT2D eigenvalue weighted by atomic mass is 15.3. The lowest BCUT2D eigenvalue weighted by Gasteiger charge is -2.42. The van der Waals surface area contributed by atoms with Crippen LogP contribution >= 0.6 is 0 Å². The Morgan fingerprint density at radius 1 is 1.27 bits per heavy atom. The highest BCUT2D eigenvalue weighted by Gasteiger charge is 2.33. The molecule has 0 spiro atoms. The Bertz CT molecular complexity index is 211. The zero-order valence-corrected chi connectivity index (χ0v) is 10.2. The number of nitrogens with zero attached hydrogens (tertiary/aromatic N) is 2. The summed E-state index contributed by atoms with van der Waals surface area (Å²) in [5.74, 6) is 0. The average Bonchev–Trinajstić information content (AvgIpc) is 2.58. The maximum absolute atomic E-state index is 6.43. The number of hydrogen-bond donors (Lipinski definition) is 1. The fourth-order valence-electron chi connectivity index (χ4n) is 3.05. The zero-order valence-electron chi connectivity index (χ0n) is 10.2. The molecule has 1 aliphatic heterocycles. The smallest absolute Gasteiger partial charge is 0.0283 e. The van der Waals surface area contributed by atoms with E-state index >= 15 is 0 Å². The van der Waals surface area contributed by atoms with Crippen molar-refractivity contribution < 1.29 is 0 Å². The summed E-state index contributed by atoms with van der Waals surface area (Å²) in [4.78, 5) is 5.00. The van der Waals surface area contributed by atoms with Gasteiger partial charge < -0.3 is 10.6 Å². The Morgan fingerprint density at radius 3 is 2.53 bits per heavy atom. The third-order valence-electron chi connectivity index (χ3n) is 4.09. The van der Waals surface area contributed by atoms with Gasteiger partial charge in [0, 0.05) is 37.8 Å². The molecule has 1 unspecified atom stereocenters. The molecule has 1 heterocycles.